The molecule has 1 unspecified atom stereocenters. The van der Waals surface area contributed by atoms with Gasteiger partial charge >= 0.3 is 0 Å². The van der Waals surface area contributed by atoms with Gasteiger partial charge < -0.3 is 4.90 Å². The van der Waals surface area contributed by atoms with Gasteiger partial charge in [-0.3, -0.25) is 10.1 Å². The van der Waals surface area contributed by atoms with Gasteiger partial charge in [-0.15, -0.1) is 0 Å². The van der Waals surface area contributed by atoms with Crippen LogP contribution in [0.1, 0.15) is 26.2 Å². The van der Waals surface area contributed by atoms with E-state index in [4.69, 9.17) is 0 Å². The van der Waals surface area contributed by atoms with E-state index in [0.29, 0.717) is 0 Å². The molecule has 0 aromatic heterocycles. The second-order valence-corrected chi connectivity index (χ2v) is 4.08. The molecular formula is C9H14F2N2O. The van der Waals surface area contributed by atoms with Crippen LogP contribution in [0.4, 0.5) is 8.78 Å². The maximum absolute atomic E-state index is 12.0. The van der Waals surface area contributed by atoms with Crippen LogP contribution in [0.3, 0.4) is 0 Å². The molecule has 14 heavy (non-hydrogen) atoms. The van der Waals surface area contributed by atoms with Crippen LogP contribution in [0.2, 0.25) is 0 Å². The third-order valence-electron chi connectivity index (χ3n) is 2.96. The molecule has 2 aliphatic rings. The van der Waals surface area contributed by atoms with Gasteiger partial charge in [-0.1, -0.05) is 0 Å². The zero-order valence-electron chi connectivity index (χ0n) is 8.09. The van der Waals surface area contributed by atoms with Gasteiger partial charge in [-0.05, 0) is 19.8 Å². The van der Waals surface area contributed by atoms with Gasteiger partial charge in [0, 0.05) is 13.0 Å². The standard InChI is InChI=1S/C9H14F2N2O/c1-6-12-9(3-4-9)8(14)13(6)5-2-7(10)11/h6-7,12H,2-5H2,1H3. The molecule has 5 heteroatoms. The van der Waals surface area contributed by atoms with E-state index < -0.39 is 6.43 Å². The molecule has 3 nitrogen and oxygen atoms in total. The fourth-order valence-electron chi connectivity index (χ4n) is 2.01. The fraction of sp³-hybridized carbons (Fsp3) is 0.889. The topological polar surface area (TPSA) is 32.3 Å². The molecule has 0 aromatic carbocycles. The Hall–Kier alpha value is -0.710. The minimum Gasteiger partial charge on any atom is -0.326 e. The molecule has 1 heterocycles. The first-order chi connectivity index (χ1) is 6.55. The highest BCUT2D eigenvalue weighted by Gasteiger charge is 2.57. The maximum Gasteiger partial charge on any atom is 0.244 e. The Balaban J connectivity index is 1.95. The molecule has 1 saturated carbocycles. The summed E-state index contributed by atoms with van der Waals surface area (Å²) in [5.74, 6) is 0.00523. The van der Waals surface area contributed by atoms with Crippen molar-refractivity contribution >= 4 is 5.91 Å². The van der Waals surface area contributed by atoms with Crippen molar-refractivity contribution in [1.29, 1.82) is 0 Å². The fourth-order valence-corrected chi connectivity index (χ4v) is 2.01. The van der Waals surface area contributed by atoms with E-state index >= 15 is 0 Å². The van der Waals surface area contributed by atoms with Gasteiger partial charge in [0.25, 0.3) is 0 Å². The Labute approximate surface area is 81.4 Å². The van der Waals surface area contributed by atoms with Crippen LogP contribution < -0.4 is 5.32 Å². The molecule has 1 aliphatic carbocycles. The number of amides is 1. The molecule has 0 aromatic rings. The van der Waals surface area contributed by atoms with Crippen LogP contribution in [0, 0.1) is 0 Å². The Morgan fingerprint density at radius 1 is 1.64 bits per heavy atom. The average Bonchev–Trinajstić information content (AvgIpc) is 2.80. The first-order valence-corrected chi connectivity index (χ1v) is 4.92. The SMILES string of the molecule is CC1NC2(CC2)C(=O)N1CCC(F)F. The summed E-state index contributed by atoms with van der Waals surface area (Å²) in [6.45, 7) is 2.00. The summed E-state index contributed by atoms with van der Waals surface area (Å²) >= 11 is 0. The van der Waals surface area contributed by atoms with Crippen LogP contribution in [0.5, 0.6) is 0 Å². The molecule has 2 rings (SSSR count). The Morgan fingerprint density at radius 2 is 2.29 bits per heavy atom. The number of hydrogen-bond donors (Lipinski definition) is 1. The van der Waals surface area contributed by atoms with Gasteiger partial charge in [0.1, 0.15) is 0 Å². The predicted molar refractivity (Wildman–Crippen MR) is 46.9 cm³/mol. The molecule has 2 fully saturated rings. The first kappa shape index (κ1) is 9.83. The van der Waals surface area contributed by atoms with E-state index in [1.807, 2.05) is 6.92 Å². The molecule has 1 saturated heterocycles. The molecule has 1 aliphatic heterocycles. The average molecular weight is 204 g/mol. The summed E-state index contributed by atoms with van der Waals surface area (Å²) in [6.07, 6.45) is -0.953. The number of carbonyl (C=O) groups excluding carboxylic acids is 1. The van der Waals surface area contributed by atoms with E-state index in [0.717, 1.165) is 12.8 Å². The van der Waals surface area contributed by atoms with Crippen molar-refractivity contribution in [1.82, 2.24) is 10.2 Å². The number of rotatable bonds is 3. The molecule has 0 bridgehead atoms. The van der Waals surface area contributed by atoms with Gasteiger partial charge in [0.2, 0.25) is 12.3 Å². The van der Waals surface area contributed by atoms with Crippen molar-refractivity contribution in [3.63, 3.8) is 0 Å². The summed E-state index contributed by atoms with van der Waals surface area (Å²) < 4.78 is 24.0. The predicted octanol–water partition coefficient (Wildman–Crippen LogP) is 0.952. The summed E-state index contributed by atoms with van der Waals surface area (Å²) in [5.41, 5.74) is -0.373. The summed E-state index contributed by atoms with van der Waals surface area (Å²) in [6, 6.07) is 0. The van der Waals surface area contributed by atoms with E-state index in [-0.39, 0.29) is 30.6 Å². The van der Waals surface area contributed by atoms with Gasteiger partial charge in [0.15, 0.2) is 0 Å². The minimum atomic E-state index is -2.33. The van der Waals surface area contributed by atoms with Crippen molar-refractivity contribution in [2.24, 2.45) is 0 Å². The van der Waals surface area contributed by atoms with Gasteiger partial charge in [-0.25, -0.2) is 8.78 Å². The zero-order chi connectivity index (χ0) is 10.3. The summed E-state index contributed by atoms with van der Waals surface area (Å²) in [7, 11) is 0. The van der Waals surface area contributed by atoms with Crippen molar-refractivity contribution in [2.75, 3.05) is 6.54 Å². The number of nitrogens with one attached hydrogen (secondary N) is 1. The highest BCUT2D eigenvalue weighted by Crippen LogP contribution is 2.41. The number of carbonyl (C=O) groups is 1. The summed E-state index contributed by atoms with van der Waals surface area (Å²) in [5, 5.41) is 3.16. The lowest BCUT2D eigenvalue weighted by atomic mass is 10.2. The van der Waals surface area contributed by atoms with E-state index in [1.54, 1.807) is 0 Å². The molecule has 1 amide bonds. The van der Waals surface area contributed by atoms with Crippen LogP contribution in [-0.2, 0) is 4.79 Å². The second-order valence-electron chi connectivity index (χ2n) is 4.08. The monoisotopic (exact) mass is 204 g/mol. The molecule has 1 spiro atoms. The Bertz CT molecular complexity index is 253. The quantitative estimate of drug-likeness (QED) is 0.742. The van der Waals surface area contributed by atoms with Crippen molar-refractivity contribution in [3.05, 3.63) is 0 Å². The van der Waals surface area contributed by atoms with Crippen LogP contribution >= 0.6 is 0 Å². The maximum atomic E-state index is 12.0. The number of nitrogens with zero attached hydrogens (tertiary/aromatic N) is 1. The van der Waals surface area contributed by atoms with Gasteiger partial charge in [0.05, 0.1) is 11.7 Å². The first-order valence-electron chi connectivity index (χ1n) is 4.92. The van der Waals surface area contributed by atoms with E-state index in [2.05, 4.69) is 5.32 Å². The normalized spacial score (nSPS) is 29.3. The highest BCUT2D eigenvalue weighted by molar-refractivity contribution is 5.91. The van der Waals surface area contributed by atoms with Crippen molar-refractivity contribution in [3.8, 4) is 0 Å². The molecule has 80 valence electrons. The van der Waals surface area contributed by atoms with Gasteiger partial charge in [-0.2, -0.15) is 0 Å². The smallest absolute Gasteiger partial charge is 0.244 e. The molecule has 1 N–H and O–H groups in total. The Morgan fingerprint density at radius 3 is 2.71 bits per heavy atom. The number of alkyl halides is 2. The van der Waals surface area contributed by atoms with Crippen molar-refractivity contribution in [2.45, 2.75) is 44.3 Å². The Kier molecular flexibility index (Phi) is 2.21. The third kappa shape index (κ3) is 1.49. The lowest BCUT2D eigenvalue weighted by Gasteiger charge is -2.20. The minimum absolute atomic E-state index is 0.00523. The van der Waals surface area contributed by atoms with E-state index in [9.17, 15) is 13.6 Å². The highest BCUT2D eigenvalue weighted by atomic mass is 19.3. The third-order valence-corrected chi connectivity index (χ3v) is 2.96. The van der Waals surface area contributed by atoms with Crippen LogP contribution in [-0.4, -0.2) is 35.5 Å². The molecular weight excluding hydrogens is 190 g/mol. The van der Waals surface area contributed by atoms with Crippen LogP contribution in [0.15, 0.2) is 0 Å². The van der Waals surface area contributed by atoms with E-state index in [1.165, 1.54) is 4.90 Å². The lowest BCUT2D eigenvalue weighted by Crippen LogP contribution is -2.36. The van der Waals surface area contributed by atoms with Crippen molar-refractivity contribution < 1.29 is 13.6 Å². The second kappa shape index (κ2) is 3.15. The molecule has 1 atom stereocenters. The molecule has 0 radical (unpaired) electrons. The van der Waals surface area contributed by atoms with Crippen LogP contribution in [0.25, 0.3) is 0 Å². The number of hydrogen-bond acceptors (Lipinski definition) is 2. The zero-order valence-corrected chi connectivity index (χ0v) is 8.09. The largest absolute Gasteiger partial charge is 0.326 e. The number of halogens is 2. The lowest BCUT2D eigenvalue weighted by molar-refractivity contribution is -0.130. The summed E-state index contributed by atoms with van der Waals surface area (Å²) in [4.78, 5) is 13.3.